The maximum atomic E-state index is 12.0. The molecule has 4 atom stereocenters. The highest BCUT2D eigenvalue weighted by Gasteiger charge is 2.55. The third kappa shape index (κ3) is 2.06. The van der Waals surface area contributed by atoms with Crippen LogP contribution in [-0.2, 0) is 11.3 Å². The van der Waals surface area contributed by atoms with E-state index in [2.05, 4.69) is 10.3 Å². The summed E-state index contributed by atoms with van der Waals surface area (Å²) in [7, 11) is 0. The van der Waals surface area contributed by atoms with Gasteiger partial charge in [0.1, 0.15) is 5.75 Å². The molecule has 0 saturated heterocycles. The lowest BCUT2D eigenvalue weighted by Crippen LogP contribution is -2.32. The van der Waals surface area contributed by atoms with Gasteiger partial charge < -0.3 is 16.2 Å². The second kappa shape index (κ2) is 4.24. The Morgan fingerprint density at radius 3 is 2.89 bits per heavy atom. The van der Waals surface area contributed by atoms with Crippen molar-refractivity contribution in [2.24, 2.45) is 23.5 Å². The summed E-state index contributed by atoms with van der Waals surface area (Å²) < 4.78 is 0. The van der Waals surface area contributed by atoms with Gasteiger partial charge in [-0.15, -0.1) is 0 Å². The molecule has 5 nitrogen and oxygen atoms in total. The van der Waals surface area contributed by atoms with Gasteiger partial charge in [-0.2, -0.15) is 0 Å². The zero-order chi connectivity index (χ0) is 12.7. The van der Waals surface area contributed by atoms with Crippen LogP contribution in [0.25, 0.3) is 0 Å². The maximum Gasteiger partial charge on any atom is 0.223 e. The largest absolute Gasteiger partial charge is 0.506 e. The number of rotatable bonds is 3. The molecule has 2 saturated carbocycles. The van der Waals surface area contributed by atoms with Gasteiger partial charge in [0.15, 0.2) is 0 Å². The number of carbonyl (C=O) groups excluding carboxylic acids is 1. The van der Waals surface area contributed by atoms with E-state index in [-0.39, 0.29) is 23.6 Å². The van der Waals surface area contributed by atoms with Crippen LogP contribution in [0.4, 0.5) is 0 Å². The van der Waals surface area contributed by atoms with E-state index >= 15 is 0 Å². The second-order valence-corrected chi connectivity index (χ2v) is 5.34. The number of nitrogens with zero attached hydrogens (tertiary/aromatic N) is 1. The summed E-state index contributed by atoms with van der Waals surface area (Å²) >= 11 is 0. The summed E-state index contributed by atoms with van der Waals surface area (Å²) in [6.07, 6.45) is 4.92. The van der Waals surface area contributed by atoms with Crippen LogP contribution in [0.1, 0.15) is 18.4 Å². The number of nitrogens with two attached hydrogens (primary N) is 1. The van der Waals surface area contributed by atoms with Crippen molar-refractivity contribution in [3.63, 3.8) is 0 Å². The van der Waals surface area contributed by atoms with E-state index < -0.39 is 0 Å². The Hall–Kier alpha value is -1.62. The van der Waals surface area contributed by atoms with E-state index in [9.17, 15) is 9.90 Å². The molecule has 96 valence electrons. The van der Waals surface area contributed by atoms with Gasteiger partial charge in [0.2, 0.25) is 5.91 Å². The number of aromatic nitrogens is 1. The van der Waals surface area contributed by atoms with Crippen LogP contribution in [0.5, 0.6) is 5.75 Å². The van der Waals surface area contributed by atoms with Gasteiger partial charge in [0, 0.05) is 24.7 Å². The SMILES string of the molecule is N[C@@H]1C[C@H](C(=O)NCc2cncc(O)c2)[C@H]2C[C@H]21. The first-order valence-electron chi connectivity index (χ1n) is 6.31. The summed E-state index contributed by atoms with van der Waals surface area (Å²) in [4.78, 5) is 15.9. The highest BCUT2D eigenvalue weighted by molar-refractivity contribution is 5.80. The number of carbonyl (C=O) groups is 1. The average Bonchev–Trinajstić information content (AvgIpc) is 3.07. The fourth-order valence-electron chi connectivity index (χ4n) is 3.03. The Labute approximate surface area is 105 Å². The van der Waals surface area contributed by atoms with E-state index in [0.29, 0.717) is 18.4 Å². The molecular formula is C13H17N3O2. The third-order valence-electron chi connectivity index (χ3n) is 4.07. The predicted octanol–water partition coefficient (Wildman–Crippen LogP) is 0.387. The molecule has 18 heavy (non-hydrogen) atoms. The fraction of sp³-hybridized carbons (Fsp3) is 0.538. The zero-order valence-corrected chi connectivity index (χ0v) is 10.0. The van der Waals surface area contributed by atoms with Crippen LogP contribution in [-0.4, -0.2) is 22.0 Å². The Morgan fingerprint density at radius 2 is 2.28 bits per heavy atom. The minimum Gasteiger partial charge on any atom is -0.506 e. The number of nitrogens with one attached hydrogen (secondary N) is 1. The monoisotopic (exact) mass is 247 g/mol. The minimum absolute atomic E-state index is 0.0790. The van der Waals surface area contributed by atoms with Crippen LogP contribution in [0.15, 0.2) is 18.5 Å². The average molecular weight is 247 g/mol. The van der Waals surface area contributed by atoms with E-state index in [1.807, 2.05) is 0 Å². The zero-order valence-electron chi connectivity index (χ0n) is 10.0. The van der Waals surface area contributed by atoms with E-state index in [1.54, 1.807) is 12.3 Å². The lowest BCUT2D eigenvalue weighted by molar-refractivity contribution is -0.125. The van der Waals surface area contributed by atoms with Gasteiger partial charge in [-0.3, -0.25) is 9.78 Å². The molecule has 2 aliphatic carbocycles. The Bertz CT molecular complexity index is 477. The molecule has 0 radical (unpaired) electrons. The summed E-state index contributed by atoms with van der Waals surface area (Å²) in [5.74, 6) is 1.35. The molecule has 0 aliphatic heterocycles. The van der Waals surface area contributed by atoms with E-state index in [0.717, 1.165) is 18.4 Å². The Morgan fingerprint density at radius 1 is 1.44 bits per heavy atom. The molecule has 1 aromatic rings. The van der Waals surface area contributed by atoms with Crippen molar-refractivity contribution >= 4 is 5.91 Å². The molecule has 1 aromatic heterocycles. The van der Waals surface area contributed by atoms with Crippen molar-refractivity contribution in [3.05, 3.63) is 24.0 Å². The molecule has 0 spiro atoms. The fourth-order valence-corrected chi connectivity index (χ4v) is 3.03. The van der Waals surface area contributed by atoms with Crippen LogP contribution < -0.4 is 11.1 Å². The first-order valence-corrected chi connectivity index (χ1v) is 6.31. The molecule has 2 fully saturated rings. The van der Waals surface area contributed by atoms with Crippen LogP contribution in [0, 0.1) is 17.8 Å². The number of aromatic hydroxyl groups is 1. The molecule has 5 heteroatoms. The lowest BCUT2D eigenvalue weighted by atomic mass is 10.0. The first kappa shape index (κ1) is 11.5. The number of fused-ring (bicyclic) bond motifs is 1. The van der Waals surface area contributed by atoms with Gasteiger partial charge >= 0.3 is 0 Å². The summed E-state index contributed by atoms with van der Waals surface area (Å²) in [6.45, 7) is 0.406. The second-order valence-electron chi connectivity index (χ2n) is 5.34. The Kier molecular flexibility index (Phi) is 2.70. The molecule has 1 heterocycles. The topological polar surface area (TPSA) is 88.2 Å². The lowest BCUT2D eigenvalue weighted by Gasteiger charge is -2.13. The third-order valence-corrected chi connectivity index (χ3v) is 4.07. The molecule has 0 unspecified atom stereocenters. The van der Waals surface area contributed by atoms with Crippen molar-refractivity contribution in [2.45, 2.75) is 25.4 Å². The molecule has 0 aromatic carbocycles. The highest BCUT2D eigenvalue weighted by atomic mass is 16.3. The normalized spacial score (nSPS) is 32.9. The standard InChI is InChI=1S/C13H17N3O2/c14-12-3-11(9-2-10(9)12)13(18)16-5-7-1-8(17)6-15-4-7/h1,4,6,9-12,17H,2-3,5,14H2,(H,16,18)/t9-,10+,11-,12+/m0/s1. The quantitative estimate of drug-likeness (QED) is 0.720. The van der Waals surface area contributed by atoms with Crippen molar-refractivity contribution < 1.29 is 9.90 Å². The van der Waals surface area contributed by atoms with Crippen molar-refractivity contribution in [1.82, 2.24) is 10.3 Å². The number of amides is 1. The molecule has 0 bridgehead atoms. The highest BCUT2D eigenvalue weighted by Crippen LogP contribution is 2.54. The summed E-state index contributed by atoms with van der Waals surface area (Å²) in [5, 5.41) is 12.2. The molecule has 2 aliphatic rings. The van der Waals surface area contributed by atoms with Gasteiger partial charge in [-0.1, -0.05) is 0 Å². The predicted molar refractivity (Wildman–Crippen MR) is 65.4 cm³/mol. The number of hydrogen-bond acceptors (Lipinski definition) is 4. The van der Waals surface area contributed by atoms with Crippen molar-refractivity contribution in [3.8, 4) is 5.75 Å². The van der Waals surface area contributed by atoms with E-state index in [1.165, 1.54) is 6.20 Å². The molecule has 1 amide bonds. The molecule has 4 N–H and O–H groups in total. The maximum absolute atomic E-state index is 12.0. The number of hydrogen-bond donors (Lipinski definition) is 3. The molecule has 3 rings (SSSR count). The summed E-state index contributed by atoms with van der Waals surface area (Å²) in [5.41, 5.74) is 6.76. The molecular weight excluding hydrogens is 230 g/mol. The van der Waals surface area contributed by atoms with Gasteiger partial charge in [-0.25, -0.2) is 0 Å². The van der Waals surface area contributed by atoms with Gasteiger partial charge in [-0.05, 0) is 36.3 Å². The Balaban J connectivity index is 1.56. The minimum atomic E-state index is 0.0790. The van der Waals surface area contributed by atoms with Crippen molar-refractivity contribution in [1.29, 1.82) is 0 Å². The van der Waals surface area contributed by atoms with Gasteiger partial charge in [0.25, 0.3) is 0 Å². The first-order chi connectivity index (χ1) is 8.65. The smallest absolute Gasteiger partial charge is 0.223 e. The van der Waals surface area contributed by atoms with Crippen LogP contribution in [0.2, 0.25) is 0 Å². The van der Waals surface area contributed by atoms with Crippen LogP contribution in [0.3, 0.4) is 0 Å². The number of pyridine rings is 1. The summed E-state index contributed by atoms with van der Waals surface area (Å²) in [6, 6.07) is 1.81. The van der Waals surface area contributed by atoms with Crippen LogP contribution >= 0.6 is 0 Å². The van der Waals surface area contributed by atoms with Gasteiger partial charge in [0.05, 0.1) is 6.20 Å². The van der Waals surface area contributed by atoms with Crippen molar-refractivity contribution in [2.75, 3.05) is 0 Å². The van der Waals surface area contributed by atoms with E-state index in [4.69, 9.17) is 5.73 Å².